The number of amides is 6. The highest BCUT2D eigenvalue weighted by Crippen LogP contribution is 2.14. The lowest BCUT2D eigenvalue weighted by Gasteiger charge is -2.30. The first-order valence-electron chi connectivity index (χ1n) is 18.6. The molecule has 0 radical (unpaired) electrons. The molecule has 0 aliphatic rings. The normalized spacial score (nSPS) is 15.5. The average Bonchev–Trinajstić information content (AvgIpc) is 3.10. The molecule has 0 fully saturated rings. The van der Waals surface area contributed by atoms with Crippen LogP contribution in [0, 0.1) is 17.8 Å². The highest BCUT2D eigenvalue weighted by atomic mass is 16.4. The van der Waals surface area contributed by atoms with Crippen molar-refractivity contribution in [1.29, 1.82) is 0 Å². The molecular weight excluding hydrogens is 734 g/mol. The summed E-state index contributed by atoms with van der Waals surface area (Å²) in [5.41, 5.74) is 4.07. The third kappa shape index (κ3) is 17.0. The van der Waals surface area contributed by atoms with E-state index in [2.05, 4.69) is 37.6 Å². The zero-order valence-electron chi connectivity index (χ0n) is 33.1. The summed E-state index contributed by atoms with van der Waals surface area (Å²) < 4.78 is 0. The molecule has 0 heterocycles. The van der Waals surface area contributed by atoms with Crippen LogP contribution in [0.25, 0.3) is 0 Å². The lowest BCUT2D eigenvalue weighted by molar-refractivity contribution is -0.355. The Morgan fingerprint density at radius 1 is 0.625 bits per heavy atom. The van der Waals surface area contributed by atoms with Crippen molar-refractivity contribution in [3.05, 3.63) is 29.8 Å². The second kappa shape index (κ2) is 23.6. The molecule has 1 rings (SSSR count). The zero-order chi connectivity index (χ0) is 42.9. The quantitative estimate of drug-likeness (QED) is 0.0551. The van der Waals surface area contributed by atoms with Gasteiger partial charge in [-0.15, -0.1) is 0 Å². The Bertz CT molecular complexity index is 1520. The van der Waals surface area contributed by atoms with Gasteiger partial charge in [0, 0.05) is 6.42 Å². The zero-order valence-corrected chi connectivity index (χ0v) is 33.1. The van der Waals surface area contributed by atoms with E-state index in [-0.39, 0.29) is 43.4 Å². The van der Waals surface area contributed by atoms with Gasteiger partial charge in [-0.05, 0) is 55.2 Å². The lowest BCUT2D eigenvalue weighted by Crippen LogP contribution is -2.63. The number of phenolic OH excluding ortho intramolecular Hbond substituents is 1. The number of aliphatic hydroxyl groups excluding tert-OH is 1. The molecule has 13 N–H and O–H groups in total. The summed E-state index contributed by atoms with van der Waals surface area (Å²) in [7, 11) is 0. The minimum Gasteiger partial charge on any atom is -0.508 e. The van der Waals surface area contributed by atoms with E-state index in [4.69, 9.17) is 0 Å². The van der Waals surface area contributed by atoms with E-state index in [0.717, 1.165) is 0 Å². The van der Waals surface area contributed by atoms with E-state index < -0.39 is 102 Å². The fourth-order valence-electron chi connectivity index (χ4n) is 5.53. The first kappa shape index (κ1) is 48.7. The minimum atomic E-state index is -1.70. The van der Waals surface area contributed by atoms with Crippen molar-refractivity contribution >= 4 is 47.4 Å². The van der Waals surface area contributed by atoms with Gasteiger partial charge in [-0.1, -0.05) is 60.1 Å². The maximum Gasteiger partial charge on any atom is 0.326 e. The number of carbonyl (C=O) groups is 8. The van der Waals surface area contributed by atoms with Gasteiger partial charge in [0.1, 0.15) is 42.0 Å². The maximum atomic E-state index is 13.8. The number of carboxylic acid groups (broad SMARTS) is 2. The predicted molar refractivity (Wildman–Crippen MR) is 201 cm³/mol. The molecule has 0 saturated heterocycles. The lowest BCUT2D eigenvalue weighted by atomic mass is 9.96. The number of phenols is 1. The molecule has 0 spiro atoms. The summed E-state index contributed by atoms with van der Waals surface area (Å²) >= 11 is 0. The Morgan fingerprint density at radius 3 is 1.57 bits per heavy atom. The van der Waals surface area contributed by atoms with Gasteiger partial charge in [-0.3, -0.25) is 33.6 Å². The van der Waals surface area contributed by atoms with E-state index in [9.17, 15) is 58.8 Å². The average molecular weight is 795 g/mol. The first-order chi connectivity index (χ1) is 26.1. The molecule has 0 bridgehead atoms. The van der Waals surface area contributed by atoms with Gasteiger partial charge in [0.25, 0.3) is 5.91 Å². The molecule has 314 valence electrons. The van der Waals surface area contributed by atoms with Crippen LogP contribution < -0.4 is 37.6 Å². The van der Waals surface area contributed by atoms with Gasteiger partial charge in [0.15, 0.2) is 6.54 Å². The Labute approximate surface area is 326 Å². The number of aromatic hydroxyl groups is 1. The Hall–Kier alpha value is -5.30. The van der Waals surface area contributed by atoms with Crippen molar-refractivity contribution in [2.45, 2.75) is 123 Å². The van der Waals surface area contributed by atoms with Crippen molar-refractivity contribution in [3.8, 4) is 5.75 Å². The number of carbonyl (C=O) groups excluding carboxylic acids is 6. The Balaban J connectivity index is 3.31. The van der Waals surface area contributed by atoms with Crippen LogP contribution in [0.15, 0.2) is 24.3 Å². The fraction of sp³-hybridized carbons (Fsp3) is 0.622. The second-order valence-corrected chi connectivity index (χ2v) is 14.7. The molecule has 19 heteroatoms. The van der Waals surface area contributed by atoms with E-state index in [1.165, 1.54) is 31.2 Å². The molecule has 8 atom stereocenters. The minimum absolute atomic E-state index is 0.0172. The molecule has 0 unspecified atom stereocenters. The number of aliphatic hydroxyl groups is 1. The van der Waals surface area contributed by atoms with E-state index in [1.54, 1.807) is 41.5 Å². The van der Waals surface area contributed by atoms with Crippen LogP contribution in [-0.2, 0) is 44.8 Å². The summed E-state index contributed by atoms with van der Waals surface area (Å²) in [6, 6.07) is -2.68. The van der Waals surface area contributed by atoms with Crippen molar-refractivity contribution in [2.75, 3.05) is 6.54 Å². The SMILES string of the molecule is CC[C@H](C)[C@H](NC(=O)[C@H](CC(C)C)NC(=O)[C@@H](NC(=O)[C@H](Cc1ccc(O)cc1)NC(=O)C[NH3+])[C@@H](C)O)C(=O)N[C@@H](CC(=O)O)C(=O)N[C@@H](CC(C)C)C(=O)O. The number of aliphatic carboxylic acids is 2. The summed E-state index contributed by atoms with van der Waals surface area (Å²) in [4.78, 5) is 103. The molecule has 0 aliphatic carbocycles. The second-order valence-electron chi connectivity index (χ2n) is 14.7. The van der Waals surface area contributed by atoms with Gasteiger partial charge in [-0.25, -0.2) is 4.79 Å². The summed E-state index contributed by atoms with van der Waals surface area (Å²) in [5, 5.41) is 53.9. The molecule has 0 saturated carbocycles. The van der Waals surface area contributed by atoms with Crippen LogP contribution in [0.4, 0.5) is 0 Å². The van der Waals surface area contributed by atoms with Gasteiger partial charge in [-0.2, -0.15) is 0 Å². The van der Waals surface area contributed by atoms with Gasteiger partial charge >= 0.3 is 11.9 Å². The number of hydrogen-bond acceptors (Lipinski definition) is 10. The highest BCUT2D eigenvalue weighted by Gasteiger charge is 2.36. The molecule has 6 amide bonds. The summed E-state index contributed by atoms with van der Waals surface area (Å²) in [5.74, 6) is -8.92. The summed E-state index contributed by atoms with van der Waals surface area (Å²) in [6.07, 6.45) is -2.02. The number of carboxylic acids is 2. The maximum absolute atomic E-state index is 13.8. The monoisotopic (exact) mass is 794 g/mol. The standard InChI is InChI=1S/C37H59N7O12/c1-8-20(6)30(35(53)41-26(16-29(48)49)32(50)42-27(37(55)56)14-19(4)5)43-33(51)24(13-18(2)3)40-36(54)31(21(7)45)44-34(52)25(39-28(47)17-38)15-22-9-11-23(46)12-10-22/h9-12,18-21,24-27,30-31,45-46H,8,13-17,38H2,1-7H3,(H,39,47)(H,40,54)(H,41,53)(H,42,50)(H,43,51)(H,44,52)(H,48,49)(H,55,56)/p+1/t20-,21+,24-,25-,26-,27-,30-,31-/m0/s1. The van der Waals surface area contributed by atoms with E-state index in [0.29, 0.717) is 12.0 Å². The van der Waals surface area contributed by atoms with Crippen LogP contribution in [0.5, 0.6) is 5.75 Å². The van der Waals surface area contributed by atoms with Crippen molar-refractivity contribution in [2.24, 2.45) is 17.8 Å². The molecule has 19 nitrogen and oxygen atoms in total. The van der Waals surface area contributed by atoms with Crippen LogP contribution in [0.1, 0.15) is 79.7 Å². The number of quaternary nitrogens is 1. The van der Waals surface area contributed by atoms with E-state index >= 15 is 0 Å². The highest BCUT2D eigenvalue weighted by molar-refractivity contribution is 5.97. The molecular formula is C37H60N7O12+. The number of rotatable bonds is 24. The third-order valence-electron chi connectivity index (χ3n) is 8.78. The number of benzene rings is 1. The van der Waals surface area contributed by atoms with Crippen molar-refractivity contribution in [1.82, 2.24) is 31.9 Å². The predicted octanol–water partition coefficient (Wildman–Crippen LogP) is -1.84. The Kier molecular flexibility index (Phi) is 20.5. The topological polar surface area (TPSA) is 317 Å². The smallest absolute Gasteiger partial charge is 0.326 e. The molecule has 1 aromatic carbocycles. The molecule has 0 aromatic heterocycles. The summed E-state index contributed by atoms with van der Waals surface area (Å²) in [6.45, 7) is 11.4. The van der Waals surface area contributed by atoms with Crippen LogP contribution in [0.2, 0.25) is 0 Å². The first-order valence-corrected chi connectivity index (χ1v) is 18.6. The van der Waals surface area contributed by atoms with Gasteiger partial charge in [0.2, 0.25) is 29.5 Å². The van der Waals surface area contributed by atoms with Crippen LogP contribution in [-0.4, -0.2) is 117 Å². The molecule has 1 aromatic rings. The Morgan fingerprint density at radius 2 is 1.09 bits per heavy atom. The number of hydrogen-bond donors (Lipinski definition) is 11. The fourth-order valence-corrected chi connectivity index (χ4v) is 5.53. The number of nitrogens with one attached hydrogen (secondary N) is 6. The van der Waals surface area contributed by atoms with Crippen LogP contribution >= 0.6 is 0 Å². The van der Waals surface area contributed by atoms with E-state index in [1.807, 2.05) is 0 Å². The van der Waals surface area contributed by atoms with Crippen LogP contribution in [0.3, 0.4) is 0 Å². The van der Waals surface area contributed by atoms with Crippen molar-refractivity contribution < 1.29 is 64.5 Å². The largest absolute Gasteiger partial charge is 0.508 e. The molecule has 56 heavy (non-hydrogen) atoms. The molecule has 0 aliphatic heterocycles. The van der Waals surface area contributed by atoms with Gasteiger partial charge in [0.05, 0.1) is 12.5 Å². The van der Waals surface area contributed by atoms with Crippen molar-refractivity contribution in [3.63, 3.8) is 0 Å². The van der Waals surface area contributed by atoms with Gasteiger partial charge < -0.3 is 58.1 Å². The third-order valence-corrected chi connectivity index (χ3v) is 8.78.